The number of nitrogens with zero attached hydrogens (tertiary/aromatic N) is 2. The largest absolute Gasteiger partial charge is 0.381 e. The summed E-state index contributed by atoms with van der Waals surface area (Å²) in [4.78, 5) is 18.7. The van der Waals surface area contributed by atoms with Crippen molar-refractivity contribution in [3.63, 3.8) is 0 Å². The van der Waals surface area contributed by atoms with E-state index >= 15 is 0 Å². The second kappa shape index (κ2) is 12.1. The summed E-state index contributed by atoms with van der Waals surface area (Å²) in [6.45, 7) is 8.69. The highest BCUT2D eigenvalue weighted by atomic mass is 127. The molecule has 1 saturated heterocycles. The van der Waals surface area contributed by atoms with Gasteiger partial charge >= 0.3 is 0 Å². The van der Waals surface area contributed by atoms with Crippen LogP contribution in [0.2, 0.25) is 0 Å². The highest BCUT2D eigenvalue weighted by Gasteiger charge is 2.19. The lowest BCUT2D eigenvalue weighted by atomic mass is 10.1. The van der Waals surface area contributed by atoms with Gasteiger partial charge in [-0.3, -0.25) is 4.79 Å². The fourth-order valence-corrected chi connectivity index (χ4v) is 2.86. The number of hydrogen-bond acceptors (Lipinski definition) is 3. The van der Waals surface area contributed by atoms with E-state index in [4.69, 9.17) is 9.73 Å². The van der Waals surface area contributed by atoms with Crippen molar-refractivity contribution in [2.75, 3.05) is 39.9 Å². The molecule has 1 aliphatic rings. The number of carbonyl (C=O) groups excluding carboxylic acids is 1. The summed E-state index contributed by atoms with van der Waals surface area (Å²) in [5, 5.41) is 6.15. The Bertz CT molecular complexity index is 571. The molecule has 1 heterocycles. The first-order chi connectivity index (χ1) is 12.1. The third-order valence-electron chi connectivity index (χ3n) is 4.22. The molecule has 2 rings (SSSR count). The van der Waals surface area contributed by atoms with Crippen LogP contribution in [0.1, 0.15) is 36.2 Å². The zero-order chi connectivity index (χ0) is 18.1. The molecule has 6 nitrogen and oxygen atoms in total. The Balaban J connectivity index is 0.00000338. The molecule has 0 aromatic heterocycles. The first-order valence-corrected chi connectivity index (χ1v) is 9.08. The lowest BCUT2D eigenvalue weighted by Crippen LogP contribution is -2.41. The van der Waals surface area contributed by atoms with E-state index in [1.165, 1.54) is 0 Å². The maximum absolute atomic E-state index is 11.8. The minimum absolute atomic E-state index is 0. The normalized spacial score (nSPS) is 16.7. The van der Waals surface area contributed by atoms with Gasteiger partial charge in [-0.2, -0.15) is 0 Å². The van der Waals surface area contributed by atoms with E-state index in [1.54, 1.807) is 0 Å². The molecule has 0 aliphatic carbocycles. The number of benzene rings is 1. The van der Waals surface area contributed by atoms with Crippen molar-refractivity contribution in [2.45, 2.75) is 26.8 Å². The molecule has 1 aliphatic heterocycles. The molecule has 0 bridgehead atoms. The van der Waals surface area contributed by atoms with Crippen LogP contribution in [0.15, 0.2) is 29.3 Å². The number of halogens is 1. The fraction of sp³-hybridized carbons (Fsp3) is 0.579. The molecule has 0 spiro atoms. The topological polar surface area (TPSA) is 66.0 Å². The van der Waals surface area contributed by atoms with Gasteiger partial charge in [-0.15, -0.1) is 24.0 Å². The molecular weight excluding hydrogens is 443 g/mol. The standard InChI is InChI=1S/C19H30N4O2.HI/c1-4-20-18(24)17-8-6-15(7-9-17)12-22-19(21-5-2)23(3)13-16-10-11-25-14-16;/h6-9,16H,4-5,10-14H2,1-3H3,(H,20,24)(H,21,22);1H. The summed E-state index contributed by atoms with van der Waals surface area (Å²) in [5.41, 5.74) is 1.76. The first kappa shape index (κ1) is 22.7. The molecule has 1 aromatic carbocycles. The Morgan fingerprint density at radius 2 is 1.92 bits per heavy atom. The predicted molar refractivity (Wildman–Crippen MR) is 116 cm³/mol. The summed E-state index contributed by atoms with van der Waals surface area (Å²) < 4.78 is 5.46. The summed E-state index contributed by atoms with van der Waals surface area (Å²) in [7, 11) is 2.07. The molecule has 2 N–H and O–H groups in total. The number of rotatable bonds is 7. The number of carbonyl (C=O) groups is 1. The van der Waals surface area contributed by atoms with E-state index in [1.807, 2.05) is 31.2 Å². The Hall–Kier alpha value is -1.35. The summed E-state index contributed by atoms with van der Waals surface area (Å²) >= 11 is 0. The van der Waals surface area contributed by atoms with Crippen LogP contribution in [0.25, 0.3) is 0 Å². The van der Waals surface area contributed by atoms with Gasteiger partial charge in [-0.1, -0.05) is 12.1 Å². The van der Waals surface area contributed by atoms with Crippen LogP contribution in [-0.4, -0.2) is 56.7 Å². The summed E-state index contributed by atoms with van der Waals surface area (Å²) in [6, 6.07) is 7.62. The number of amides is 1. The Morgan fingerprint density at radius 3 is 2.50 bits per heavy atom. The molecule has 7 heteroatoms. The lowest BCUT2D eigenvalue weighted by molar-refractivity contribution is 0.0956. The summed E-state index contributed by atoms with van der Waals surface area (Å²) in [5.74, 6) is 1.44. The molecule has 0 saturated carbocycles. The van der Waals surface area contributed by atoms with Crippen molar-refractivity contribution >= 4 is 35.8 Å². The molecule has 1 amide bonds. The first-order valence-electron chi connectivity index (χ1n) is 9.08. The number of guanidine groups is 1. The van der Waals surface area contributed by atoms with Gasteiger partial charge in [0, 0.05) is 44.8 Å². The third kappa shape index (κ3) is 7.11. The maximum Gasteiger partial charge on any atom is 0.251 e. The average molecular weight is 474 g/mol. The Kier molecular flexibility index (Phi) is 10.6. The molecule has 1 aromatic rings. The summed E-state index contributed by atoms with van der Waals surface area (Å²) in [6.07, 6.45) is 1.12. The van der Waals surface area contributed by atoms with Crippen LogP contribution < -0.4 is 10.6 Å². The average Bonchev–Trinajstić information content (AvgIpc) is 3.12. The number of hydrogen-bond donors (Lipinski definition) is 2. The van der Waals surface area contributed by atoms with Crippen molar-refractivity contribution in [3.8, 4) is 0 Å². The zero-order valence-corrected chi connectivity index (χ0v) is 18.3. The number of ether oxygens (including phenoxy) is 1. The Morgan fingerprint density at radius 1 is 1.23 bits per heavy atom. The SMILES string of the molecule is CCNC(=O)c1ccc(CN=C(NCC)N(C)CC2CCOC2)cc1.I. The maximum atomic E-state index is 11.8. The monoisotopic (exact) mass is 474 g/mol. The molecule has 0 radical (unpaired) electrons. The van der Waals surface area contributed by atoms with Crippen molar-refractivity contribution in [2.24, 2.45) is 10.9 Å². The predicted octanol–water partition coefficient (Wildman–Crippen LogP) is 2.49. The van der Waals surface area contributed by atoms with E-state index < -0.39 is 0 Å². The van der Waals surface area contributed by atoms with Crippen LogP contribution in [0.3, 0.4) is 0 Å². The second-order valence-electron chi connectivity index (χ2n) is 6.34. The zero-order valence-electron chi connectivity index (χ0n) is 16.0. The minimum atomic E-state index is -0.0376. The fourth-order valence-electron chi connectivity index (χ4n) is 2.86. The molecule has 1 unspecified atom stereocenters. The van der Waals surface area contributed by atoms with Gasteiger partial charge in [-0.25, -0.2) is 4.99 Å². The number of aliphatic imine (C=N–C) groups is 1. The van der Waals surface area contributed by atoms with Crippen molar-refractivity contribution < 1.29 is 9.53 Å². The molecule has 1 fully saturated rings. The van der Waals surface area contributed by atoms with Crippen molar-refractivity contribution in [3.05, 3.63) is 35.4 Å². The van der Waals surface area contributed by atoms with Crippen LogP contribution in [0.4, 0.5) is 0 Å². The van der Waals surface area contributed by atoms with Crippen LogP contribution in [0.5, 0.6) is 0 Å². The smallest absolute Gasteiger partial charge is 0.251 e. The van der Waals surface area contributed by atoms with E-state index in [2.05, 4.69) is 29.5 Å². The lowest BCUT2D eigenvalue weighted by Gasteiger charge is -2.24. The van der Waals surface area contributed by atoms with E-state index in [0.717, 1.165) is 44.2 Å². The second-order valence-corrected chi connectivity index (χ2v) is 6.34. The molecule has 26 heavy (non-hydrogen) atoms. The van der Waals surface area contributed by atoms with Crippen LogP contribution >= 0.6 is 24.0 Å². The van der Waals surface area contributed by atoms with Gasteiger partial charge in [0.2, 0.25) is 0 Å². The van der Waals surface area contributed by atoms with Gasteiger partial charge in [-0.05, 0) is 38.0 Å². The van der Waals surface area contributed by atoms with E-state index in [-0.39, 0.29) is 29.9 Å². The van der Waals surface area contributed by atoms with E-state index in [0.29, 0.717) is 24.6 Å². The molecule has 1 atom stereocenters. The highest BCUT2D eigenvalue weighted by molar-refractivity contribution is 14.0. The van der Waals surface area contributed by atoms with Crippen molar-refractivity contribution in [1.29, 1.82) is 0 Å². The number of nitrogens with one attached hydrogen (secondary N) is 2. The minimum Gasteiger partial charge on any atom is -0.381 e. The van der Waals surface area contributed by atoms with Crippen LogP contribution in [-0.2, 0) is 11.3 Å². The van der Waals surface area contributed by atoms with Gasteiger partial charge in [0.25, 0.3) is 5.91 Å². The quantitative estimate of drug-likeness (QED) is 0.362. The molecular formula is C19H31IN4O2. The van der Waals surface area contributed by atoms with Crippen LogP contribution in [0, 0.1) is 5.92 Å². The van der Waals surface area contributed by atoms with Gasteiger partial charge in [0.1, 0.15) is 0 Å². The van der Waals surface area contributed by atoms with Gasteiger partial charge < -0.3 is 20.3 Å². The highest BCUT2D eigenvalue weighted by Crippen LogP contribution is 2.13. The Labute approximate surface area is 173 Å². The van der Waals surface area contributed by atoms with Gasteiger partial charge in [0.15, 0.2) is 5.96 Å². The molecule has 146 valence electrons. The third-order valence-corrected chi connectivity index (χ3v) is 4.22. The van der Waals surface area contributed by atoms with Crippen molar-refractivity contribution in [1.82, 2.24) is 15.5 Å². The van der Waals surface area contributed by atoms with E-state index in [9.17, 15) is 4.79 Å². The van der Waals surface area contributed by atoms with Gasteiger partial charge in [0.05, 0.1) is 13.2 Å².